The predicted octanol–water partition coefficient (Wildman–Crippen LogP) is 6.29. The van der Waals surface area contributed by atoms with Gasteiger partial charge in [-0.3, -0.25) is 4.98 Å². The van der Waals surface area contributed by atoms with Gasteiger partial charge in [-0.25, -0.2) is 0 Å². The van der Waals surface area contributed by atoms with Crippen molar-refractivity contribution in [2.75, 3.05) is 12.0 Å². The zero-order valence-electron chi connectivity index (χ0n) is 20.7. The SMILES string of the molecule is COc1cccc(N2C(=S)N[C@@H](c3ccccn3)[C@@H]2c2cc(C)n(-c3cc(C)cc(C)c3)c2C)c1. The van der Waals surface area contributed by atoms with Gasteiger partial charge in [0.25, 0.3) is 0 Å². The van der Waals surface area contributed by atoms with Gasteiger partial charge >= 0.3 is 0 Å². The van der Waals surface area contributed by atoms with Gasteiger partial charge in [0.2, 0.25) is 0 Å². The molecule has 2 aromatic heterocycles. The Kier molecular flexibility index (Phi) is 6.07. The summed E-state index contributed by atoms with van der Waals surface area (Å²) in [5.41, 5.74) is 9.22. The average molecular weight is 483 g/mol. The zero-order chi connectivity index (χ0) is 24.7. The van der Waals surface area contributed by atoms with E-state index in [-0.39, 0.29) is 12.1 Å². The van der Waals surface area contributed by atoms with Gasteiger partial charge in [0.05, 0.1) is 24.9 Å². The molecule has 0 amide bonds. The number of aromatic nitrogens is 2. The smallest absolute Gasteiger partial charge is 0.174 e. The number of pyridine rings is 1. The van der Waals surface area contributed by atoms with Gasteiger partial charge in [0, 0.05) is 35.0 Å². The summed E-state index contributed by atoms with van der Waals surface area (Å²) in [6.07, 6.45) is 1.84. The highest BCUT2D eigenvalue weighted by Gasteiger charge is 2.42. The summed E-state index contributed by atoms with van der Waals surface area (Å²) in [4.78, 5) is 6.89. The summed E-state index contributed by atoms with van der Waals surface area (Å²) < 4.78 is 7.87. The molecule has 2 aromatic carbocycles. The maximum atomic E-state index is 5.91. The van der Waals surface area contributed by atoms with E-state index in [0.717, 1.165) is 17.1 Å². The number of hydrogen-bond donors (Lipinski definition) is 1. The first-order valence-electron chi connectivity index (χ1n) is 11.8. The molecule has 1 N–H and O–H groups in total. The van der Waals surface area contributed by atoms with E-state index < -0.39 is 0 Å². The van der Waals surface area contributed by atoms with E-state index in [0.29, 0.717) is 5.11 Å². The van der Waals surface area contributed by atoms with Gasteiger partial charge in [-0.1, -0.05) is 18.2 Å². The van der Waals surface area contributed by atoms with E-state index in [1.54, 1.807) is 7.11 Å². The number of thiocarbonyl (C=S) groups is 1. The van der Waals surface area contributed by atoms with Crippen LogP contribution in [0.1, 0.15) is 45.9 Å². The third-order valence-corrected chi connectivity index (χ3v) is 7.00. The van der Waals surface area contributed by atoms with Crippen LogP contribution in [0.15, 0.2) is 72.9 Å². The topological polar surface area (TPSA) is 42.3 Å². The lowest BCUT2D eigenvalue weighted by Gasteiger charge is -2.28. The first kappa shape index (κ1) is 23.1. The Morgan fingerprint density at radius 3 is 2.34 bits per heavy atom. The molecule has 178 valence electrons. The summed E-state index contributed by atoms with van der Waals surface area (Å²) in [5.74, 6) is 0.797. The van der Waals surface area contributed by atoms with Gasteiger partial charge in [-0.05, 0) is 99.1 Å². The van der Waals surface area contributed by atoms with Crippen LogP contribution in [0, 0.1) is 27.7 Å². The van der Waals surface area contributed by atoms with E-state index in [4.69, 9.17) is 21.9 Å². The molecule has 35 heavy (non-hydrogen) atoms. The first-order chi connectivity index (χ1) is 16.9. The number of nitrogens with one attached hydrogen (secondary N) is 1. The second-order valence-electron chi connectivity index (χ2n) is 9.21. The molecule has 0 saturated carbocycles. The quantitative estimate of drug-likeness (QED) is 0.339. The Hall–Kier alpha value is -3.64. The summed E-state index contributed by atoms with van der Waals surface area (Å²) in [5, 5.41) is 4.24. The monoisotopic (exact) mass is 482 g/mol. The van der Waals surface area contributed by atoms with Crippen LogP contribution in [0.5, 0.6) is 5.75 Å². The van der Waals surface area contributed by atoms with E-state index in [1.165, 1.54) is 33.8 Å². The van der Waals surface area contributed by atoms with Crippen LogP contribution in [0.4, 0.5) is 5.69 Å². The van der Waals surface area contributed by atoms with Crippen LogP contribution in [-0.2, 0) is 0 Å². The molecule has 4 aromatic rings. The van der Waals surface area contributed by atoms with Gasteiger partial charge in [0.1, 0.15) is 5.75 Å². The van der Waals surface area contributed by atoms with Gasteiger partial charge in [-0.2, -0.15) is 0 Å². The molecular formula is C29H30N4OS. The lowest BCUT2D eigenvalue weighted by Crippen LogP contribution is -2.29. The van der Waals surface area contributed by atoms with E-state index in [1.807, 2.05) is 36.5 Å². The minimum atomic E-state index is -0.0944. The Labute approximate surface area is 212 Å². The Balaban J connectivity index is 1.69. The highest BCUT2D eigenvalue weighted by Crippen LogP contribution is 2.44. The minimum Gasteiger partial charge on any atom is -0.497 e. The summed E-state index contributed by atoms with van der Waals surface area (Å²) in [7, 11) is 1.69. The molecule has 3 heterocycles. The van der Waals surface area contributed by atoms with Crippen LogP contribution in [0.2, 0.25) is 0 Å². The highest BCUT2D eigenvalue weighted by atomic mass is 32.1. The molecule has 0 aliphatic carbocycles. The normalized spacial score (nSPS) is 17.5. The van der Waals surface area contributed by atoms with Crippen molar-refractivity contribution < 1.29 is 4.74 Å². The standard InChI is InChI=1S/C29H30N4OS/c1-18-13-19(2)15-23(14-18)32-20(3)16-25(21(32)4)28-27(26-11-6-7-12-30-26)31-29(35)33(28)22-9-8-10-24(17-22)34-5/h6-17,27-28H,1-5H3,(H,31,35)/t27-,28-/m0/s1. The number of rotatable bonds is 5. The van der Waals surface area contributed by atoms with Crippen molar-refractivity contribution in [1.29, 1.82) is 0 Å². The van der Waals surface area contributed by atoms with Crippen LogP contribution >= 0.6 is 12.2 Å². The van der Waals surface area contributed by atoms with Crippen molar-refractivity contribution in [1.82, 2.24) is 14.9 Å². The molecule has 1 aliphatic heterocycles. The number of methoxy groups -OCH3 is 1. The number of nitrogens with zero attached hydrogens (tertiary/aromatic N) is 3. The molecule has 1 saturated heterocycles. The Bertz CT molecular complexity index is 1380. The Morgan fingerprint density at radius 1 is 0.886 bits per heavy atom. The number of ether oxygens (including phenoxy) is 1. The summed E-state index contributed by atoms with van der Waals surface area (Å²) in [6, 6.07) is 22.9. The molecular weight excluding hydrogens is 452 g/mol. The molecule has 0 radical (unpaired) electrons. The fraction of sp³-hybridized carbons (Fsp3) is 0.241. The molecule has 6 heteroatoms. The van der Waals surface area contributed by atoms with E-state index in [2.05, 4.69) is 78.9 Å². The van der Waals surface area contributed by atoms with Crippen molar-refractivity contribution in [3.8, 4) is 11.4 Å². The maximum Gasteiger partial charge on any atom is 0.174 e. The van der Waals surface area contributed by atoms with Gasteiger partial charge in [0.15, 0.2) is 5.11 Å². The van der Waals surface area contributed by atoms with Gasteiger partial charge < -0.3 is 19.5 Å². The molecule has 1 aliphatic rings. The lowest BCUT2D eigenvalue weighted by molar-refractivity contribution is 0.415. The van der Waals surface area contributed by atoms with E-state index in [9.17, 15) is 0 Å². The van der Waals surface area contributed by atoms with E-state index >= 15 is 0 Å². The molecule has 5 rings (SSSR count). The third-order valence-electron chi connectivity index (χ3n) is 6.68. The van der Waals surface area contributed by atoms with Crippen molar-refractivity contribution in [2.24, 2.45) is 0 Å². The van der Waals surface area contributed by atoms with Crippen LogP contribution in [0.25, 0.3) is 5.69 Å². The second kappa shape index (κ2) is 9.19. The number of hydrogen-bond acceptors (Lipinski definition) is 3. The zero-order valence-corrected chi connectivity index (χ0v) is 21.6. The highest BCUT2D eigenvalue weighted by molar-refractivity contribution is 7.80. The van der Waals surface area contributed by atoms with Crippen molar-refractivity contribution in [3.63, 3.8) is 0 Å². The van der Waals surface area contributed by atoms with Crippen molar-refractivity contribution in [2.45, 2.75) is 39.8 Å². The number of aryl methyl sites for hydroxylation is 3. The summed E-state index contributed by atoms with van der Waals surface area (Å²) in [6.45, 7) is 8.65. The Morgan fingerprint density at radius 2 is 1.66 bits per heavy atom. The van der Waals surface area contributed by atoms with Crippen LogP contribution < -0.4 is 15.0 Å². The fourth-order valence-corrected chi connectivity index (χ4v) is 5.62. The molecule has 5 nitrogen and oxygen atoms in total. The second-order valence-corrected chi connectivity index (χ2v) is 9.59. The van der Waals surface area contributed by atoms with Crippen molar-refractivity contribution in [3.05, 3.63) is 107 Å². The van der Waals surface area contributed by atoms with Crippen LogP contribution in [-0.4, -0.2) is 21.8 Å². The number of anilines is 1. The molecule has 2 atom stereocenters. The van der Waals surface area contributed by atoms with Crippen LogP contribution in [0.3, 0.4) is 0 Å². The molecule has 0 bridgehead atoms. The summed E-state index contributed by atoms with van der Waals surface area (Å²) >= 11 is 5.91. The largest absolute Gasteiger partial charge is 0.497 e. The molecule has 0 unspecified atom stereocenters. The van der Waals surface area contributed by atoms with Crippen molar-refractivity contribution >= 4 is 23.0 Å². The first-order valence-corrected chi connectivity index (χ1v) is 12.2. The fourth-order valence-electron chi connectivity index (χ4n) is 5.27. The molecule has 0 spiro atoms. The molecule has 1 fully saturated rings. The van der Waals surface area contributed by atoms with Gasteiger partial charge in [-0.15, -0.1) is 0 Å². The average Bonchev–Trinajstić information content (AvgIpc) is 3.34. The third kappa shape index (κ3) is 4.19. The predicted molar refractivity (Wildman–Crippen MR) is 146 cm³/mol. The maximum absolute atomic E-state index is 5.91. The minimum absolute atomic E-state index is 0.0737. The lowest BCUT2D eigenvalue weighted by atomic mass is 9.96. The number of benzene rings is 2.